The zero-order valence-electron chi connectivity index (χ0n) is 32.2. The van der Waals surface area contributed by atoms with Crippen molar-refractivity contribution in [2.75, 3.05) is 0 Å². The monoisotopic (exact) mass is 770 g/mol. The molecule has 0 aromatic heterocycles. The molecule has 0 N–H and O–H groups in total. The first kappa shape index (κ1) is 36.4. The van der Waals surface area contributed by atoms with Gasteiger partial charge in [-0.1, -0.05) is 170 Å². The highest BCUT2D eigenvalue weighted by molar-refractivity contribution is 6.56. The SMILES string of the molecule is O=C1C=C[C](c2c/c(=c3\ccc(=C4N=C(c5ccccc5)C(c5ccccc5)=N4)c([C]4C=CC(=O)C=C4)c3)ccc2=C2N=C(c3ccccc3)C(c3ccccc3)=N2)C=C1. The second kappa shape index (κ2) is 15.8. The van der Waals surface area contributed by atoms with E-state index < -0.39 is 0 Å². The Balaban J connectivity index is 1.21. The zero-order valence-corrected chi connectivity index (χ0v) is 32.2. The number of aliphatic imine (C=N–C) groups is 4. The molecule has 6 aromatic rings. The minimum atomic E-state index is -0.0661. The molecule has 0 fully saturated rings. The number of carbonyl (C=O) groups is 2. The molecule has 6 nitrogen and oxygen atoms in total. The summed E-state index contributed by atoms with van der Waals surface area (Å²) < 4.78 is 0. The molecule has 0 saturated carbocycles. The average Bonchev–Trinajstić information content (AvgIpc) is 3.97. The van der Waals surface area contributed by atoms with Crippen LogP contribution in [0.4, 0.5) is 0 Å². The number of ketones is 2. The van der Waals surface area contributed by atoms with Gasteiger partial charge in [0, 0.05) is 44.5 Å². The minimum absolute atomic E-state index is 0.0661. The lowest BCUT2D eigenvalue weighted by molar-refractivity contribution is -0.111. The highest BCUT2D eigenvalue weighted by atomic mass is 16.1. The molecule has 282 valence electrons. The standard InChI is InChI=1S/C54H34N4O2/c59-43-27-21-35(22-28-43)47-33-41(25-31-45(47)53-55-49(37-13-5-1-6-14-37)50(56-53)38-15-7-2-8-16-38)42-26-32-46(48(34-42)36-23-29-44(60)30-24-36)54-57-51(39-17-9-3-10-18-39)52(58-54)40-19-11-4-12-20-40/h1-34H/b42-41+. The van der Waals surface area contributed by atoms with Gasteiger partial charge in [0.05, 0.1) is 22.8 Å². The number of hydrogen-bond acceptors (Lipinski definition) is 6. The molecule has 4 aliphatic rings. The van der Waals surface area contributed by atoms with Crippen LogP contribution in [0.25, 0.3) is 11.6 Å². The Morgan fingerprint density at radius 3 is 0.867 bits per heavy atom. The Kier molecular flexibility index (Phi) is 9.56. The van der Waals surface area contributed by atoms with Crippen LogP contribution in [0.15, 0.2) is 226 Å². The molecule has 0 spiro atoms. The van der Waals surface area contributed by atoms with Gasteiger partial charge in [-0.25, -0.2) is 20.0 Å². The van der Waals surface area contributed by atoms with Crippen LogP contribution in [-0.4, -0.2) is 34.4 Å². The van der Waals surface area contributed by atoms with Crippen molar-refractivity contribution in [3.05, 3.63) is 272 Å². The van der Waals surface area contributed by atoms with Crippen LogP contribution < -0.4 is 10.4 Å². The summed E-state index contributed by atoms with van der Waals surface area (Å²) in [5.74, 6) is 2.78. The van der Waals surface area contributed by atoms with Crippen LogP contribution in [-0.2, 0) is 9.59 Å². The summed E-state index contributed by atoms with van der Waals surface area (Å²) in [6.45, 7) is 0. The maximum atomic E-state index is 12.3. The van der Waals surface area contributed by atoms with Gasteiger partial charge >= 0.3 is 0 Å². The number of rotatable bonds is 6. The summed E-state index contributed by atoms with van der Waals surface area (Å²) in [5, 5.41) is 3.58. The molecular formula is C54H34N4O2. The van der Waals surface area contributed by atoms with Gasteiger partial charge in [0.25, 0.3) is 0 Å². The second-order valence-electron chi connectivity index (χ2n) is 14.5. The van der Waals surface area contributed by atoms with Crippen molar-refractivity contribution in [2.24, 2.45) is 20.0 Å². The summed E-state index contributed by atoms with van der Waals surface area (Å²) >= 11 is 0. The van der Waals surface area contributed by atoms with Gasteiger partial charge in [-0.15, -0.1) is 0 Å². The topological polar surface area (TPSA) is 83.6 Å². The van der Waals surface area contributed by atoms with Gasteiger partial charge in [-0.05, 0) is 58.0 Å². The highest BCUT2D eigenvalue weighted by Gasteiger charge is 2.25. The van der Waals surface area contributed by atoms with Crippen LogP contribution in [0, 0.1) is 22.3 Å². The third-order valence-corrected chi connectivity index (χ3v) is 10.7. The van der Waals surface area contributed by atoms with Gasteiger partial charge < -0.3 is 0 Å². The van der Waals surface area contributed by atoms with Crippen molar-refractivity contribution in [1.82, 2.24) is 0 Å². The first-order valence-electron chi connectivity index (χ1n) is 19.7. The Labute approximate surface area is 346 Å². The fourth-order valence-corrected chi connectivity index (χ4v) is 7.70. The number of nitrogens with zero attached hydrogens (tertiary/aromatic N) is 4. The van der Waals surface area contributed by atoms with E-state index in [1.54, 1.807) is 24.3 Å². The largest absolute Gasteiger partial charge is 0.290 e. The molecular weight excluding hydrogens is 737 g/mol. The Morgan fingerprint density at radius 2 is 0.583 bits per heavy atom. The van der Waals surface area contributed by atoms with E-state index >= 15 is 0 Å². The summed E-state index contributed by atoms with van der Waals surface area (Å²) in [6.07, 6.45) is 13.7. The van der Waals surface area contributed by atoms with Crippen LogP contribution in [0.3, 0.4) is 0 Å². The van der Waals surface area contributed by atoms with E-state index in [9.17, 15) is 9.59 Å². The van der Waals surface area contributed by atoms with Crippen molar-refractivity contribution in [1.29, 1.82) is 0 Å². The van der Waals surface area contributed by atoms with Crippen LogP contribution in [0.5, 0.6) is 0 Å². The molecule has 10 rings (SSSR count). The molecule has 0 unspecified atom stereocenters. The first-order chi connectivity index (χ1) is 29.6. The molecule has 0 amide bonds. The molecule has 2 radical (unpaired) electrons. The number of hydrogen-bond donors (Lipinski definition) is 0. The van der Waals surface area contributed by atoms with E-state index in [4.69, 9.17) is 20.0 Å². The molecule has 0 saturated heterocycles. The first-order valence-corrected chi connectivity index (χ1v) is 19.7. The van der Waals surface area contributed by atoms with Crippen molar-refractivity contribution in [3.8, 4) is 0 Å². The van der Waals surface area contributed by atoms with E-state index in [1.807, 2.05) is 97.1 Å². The molecule has 6 heteroatoms. The summed E-state index contributed by atoms with van der Waals surface area (Å²) in [6, 6.07) is 53.0. The maximum absolute atomic E-state index is 12.3. The van der Waals surface area contributed by atoms with Crippen LogP contribution in [0.1, 0.15) is 33.4 Å². The van der Waals surface area contributed by atoms with E-state index in [1.165, 1.54) is 0 Å². The average molecular weight is 771 g/mol. The van der Waals surface area contributed by atoms with Gasteiger partial charge in [-0.2, -0.15) is 0 Å². The third-order valence-electron chi connectivity index (χ3n) is 10.7. The summed E-state index contributed by atoms with van der Waals surface area (Å²) in [7, 11) is 0. The lowest BCUT2D eigenvalue weighted by atomic mass is 9.90. The fraction of sp³-hybridized carbons (Fsp3) is 0. The molecule has 2 heterocycles. The second-order valence-corrected chi connectivity index (χ2v) is 14.5. The van der Waals surface area contributed by atoms with Gasteiger partial charge in [0.15, 0.2) is 23.2 Å². The fourth-order valence-electron chi connectivity index (χ4n) is 7.70. The smallest absolute Gasteiger partial charge is 0.178 e. The van der Waals surface area contributed by atoms with E-state index in [0.717, 1.165) is 88.9 Å². The summed E-state index contributed by atoms with van der Waals surface area (Å²) in [4.78, 5) is 45.4. The van der Waals surface area contributed by atoms with Gasteiger partial charge in [0.2, 0.25) is 0 Å². The molecule has 2 aliphatic carbocycles. The molecule has 0 atom stereocenters. The predicted molar refractivity (Wildman–Crippen MR) is 240 cm³/mol. The van der Waals surface area contributed by atoms with Crippen molar-refractivity contribution in [3.63, 3.8) is 0 Å². The van der Waals surface area contributed by atoms with E-state index in [2.05, 4.69) is 84.9 Å². The van der Waals surface area contributed by atoms with Crippen molar-refractivity contribution in [2.45, 2.75) is 0 Å². The number of benzene rings is 6. The molecule has 0 bridgehead atoms. The van der Waals surface area contributed by atoms with Gasteiger partial charge in [-0.3, -0.25) is 9.59 Å². The Hall–Kier alpha value is -7.96. The zero-order chi connectivity index (χ0) is 40.4. The normalized spacial score (nSPS) is 16.9. The van der Waals surface area contributed by atoms with Crippen LogP contribution >= 0.6 is 0 Å². The lowest BCUT2D eigenvalue weighted by Gasteiger charge is -2.13. The van der Waals surface area contributed by atoms with Crippen LogP contribution in [0.2, 0.25) is 0 Å². The molecule has 2 aliphatic heterocycles. The third kappa shape index (κ3) is 7.12. The minimum Gasteiger partial charge on any atom is -0.290 e. The summed E-state index contributed by atoms with van der Waals surface area (Å²) in [5.41, 5.74) is 8.86. The lowest BCUT2D eigenvalue weighted by Crippen LogP contribution is -2.17. The van der Waals surface area contributed by atoms with Crippen molar-refractivity contribution < 1.29 is 9.59 Å². The van der Waals surface area contributed by atoms with Crippen molar-refractivity contribution >= 4 is 46.1 Å². The predicted octanol–water partition coefficient (Wildman–Crippen LogP) is 8.32. The Morgan fingerprint density at radius 1 is 0.300 bits per heavy atom. The molecule has 6 aromatic carbocycles. The van der Waals surface area contributed by atoms with E-state index in [0.29, 0.717) is 11.6 Å². The number of allylic oxidation sites excluding steroid dienone is 8. The van der Waals surface area contributed by atoms with E-state index in [-0.39, 0.29) is 11.6 Å². The Bertz CT molecular complexity index is 2850. The molecule has 60 heavy (non-hydrogen) atoms. The quantitative estimate of drug-likeness (QED) is 0.171. The number of carbonyl (C=O) groups excluding carboxylic acids is 2. The van der Waals surface area contributed by atoms with Gasteiger partial charge in [0.1, 0.15) is 0 Å². The highest BCUT2D eigenvalue weighted by Crippen LogP contribution is 2.26. The maximum Gasteiger partial charge on any atom is 0.178 e.